The Labute approximate surface area is 281 Å². The third-order valence-corrected chi connectivity index (χ3v) is 7.01. The number of ether oxygens (including phenoxy) is 9. The summed E-state index contributed by atoms with van der Waals surface area (Å²) < 4.78 is 49.5. The van der Waals surface area contributed by atoms with Gasteiger partial charge in [-0.15, -0.1) is 0 Å². The Morgan fingerprint density at radius 3 is 1.77 bits per heavy atom. The maximum atomic E-state index is 12.6. The van der Waals surface area contributed by atoms with Gasteiger partial charge in [-0.2, -0.15) is 0 Å². The number of rotatable bonds is 22. The van der Waals surface area contributed by atoms with Crippen LogP contribution in [-0.4, -0.2) is 78.2 Å². The molecule has 1 aliphatic rings. The van der Waals surface area contributed by atoms with Crippen LogP contribution in [0.15, 0.2) is 84.9 Å². The SMILES string of the molecule is C=C(C)C(=O)OCCOCCOc1ccc(OCOc2ccc(OC(=O)c3ccc(OCCCCOCC4(C)COC4)cc3)cc2)cc1. The molecule has 3 aromatic rings. The van der Waals surface area contributed by atoms with Crippen molar-refractivity contribution in [2.24, 2.45) is 5.41 Å². The summed E-state index contributed by atoms with van der Waals surface area (Å²) in [7, 11) is 0. The van der Waals surface area contributed by atoms with E-state index in [2.05, 4.69) is 13.5 Å². The largest absolute Gasteiger partial charge is 0.494 e. The van der Waals surface area contributed by atoms with Crippen LogP contribution in [0, 0.1) is 5.41 Å². The topological polar surface area (TPSA) is 117 Å². The minimum absolute atomic E-state index is 0.0132. The highest BCUT2D eigenvalue weighted by Gasteiger charge is 2.33. The first-order chi connectivity index (χ1) is 23.3. The van der Waals surface area contributed by atoms with Crippen molar-refractivity contribution in [2.45, 2.75) is 26.7 Å². The molecule has 11 nitrogen and oxygen atoms in total. The summed E-state index contributed by atoms with van der Waals surface area (Å²) >= 11 is 0. The molecule has 3 aromatic carbocycles. The maximum Gasteiger partial charge on any atom is 0.343 e. The summed E-state index contributed by atoms with van der Waals surface area (Å²) in [5.74, 6) is 2.00. The molecule has 48 heavy (non-hydrogen) atoms. The molecule has 0 bridgehead atoms. The average Bonchev–Trinajstić information content (AvgIpc) is 3.08. The molecule has 0 aromatic heterocycles. The van der Waals surface area contributed by atoms with E-state index in [1.54, 1.807) is 79.7 Å². The molecule has 1 heterocycles. The molecule has 0 aliphatic carbocycles. The average molecular weight is 665 g/mol. The van der Waals surface area contributed by atoms with Crippen LogP contribution in [0.5, 0.6) is 28.7 Å². The molecular formula is C37H44O11. The molecule has 0 saturated carbocycles. The number of unbranched alkanes of at least 4 members (excludes halogenated alkanes) is 1. The van der Waals surface area contributed by atoms with Crippen LogP contribution >= 0.6 is 0 Å². The van der Waals surface area contributed by atoms with E-state index in [0.29, 0.717) is 66.3 Å². The molecule has 0 spiro atoms. The Morgan fingerprint density at radius 1 is 0.667 bits per heavy atom. The first-order valence-corrected chi connectivity index (χ1v) is 15.9. The van der Waals surface area contributed by atoms with Crippen molar-refractivity contribution in [3.8, 4) is 28.7 Å². The molecule has 4 rings (SSSR count). The van der Waals surface area contributed by atoms with E-state index in [0.717, 1.165) is 32.7 Å². The lowest BCUT2D eigenvalue weighted by Crippen LogP contribution is -2.43. The molecule has 258 valence electrons. The summed E-state index contributed by atoms with van der Waals surface area (Å²) in [6.07, 6.45) is 1.80. The van der Waals surface area contributed by atoms with Gasteiger partial charge >= 0.3 is 11.9 Å². The van der Waals surface area contributed by atoms with Gasteiger partial charge in [-0.25, -0.2) is 9.59 Å². The quantitative estimate of drug-likeness (QED) is 0.0411. The molecule has 0 amide bonds. The van der Waals surface area contributed by atoms with E-state index in [9.17, 15) is 9.59 Å². The van der Waals surface area contributed by atoms with Crippen LogP contribution in [0.25, 0.3) is 0 Å². The van der Waals surface area contributed by atoms with Crippen molar-refractivity contribution in [1.82, 2.24) is 0 Å². The third-order valence-electron chi connectivity index (χ3n) is 7.01. The van der Waals surface area contributed by atoms with E-state index in [-0.39, 0.29) is 25.4 Å². The van der Waals surface area contributed by atoms with E-state index in [1.165, 1.54) is 0 Å². The summed E-state index contributed by atoms with van der Waals surface area (Å²) in [5, 5.41) is 0. The summed E-state index contributed by atoms with van der Waals surface area (Å²) in [6, 6.07) is 20.7. The molecule has 1 saturated heterocycles. The first kappa shape index (κ1) is 36.3. The van der Waals surface area contributed by atoms with Gasteiger partial charge < -0.3 is 42.6 Å². The van der Waals surface area contributed by atoms with Crippen LogP contribution in [0.3, 0.4) is 0 Å². The van der Waals surface area contributed by atoms with Crippen molar-refractivity contribution in [2.75, 3.05) is 66.3 Å². The molecule has 1 fully saturated rings. The number of carbonyl (C=O) groups is 2. The lowest BCUT2D eigenvalue weighted by atomic mass is 9.90. The van der Waals surface area contributed by atoms with Crippen molar-refractivity contribution in [3.05, 3.63) is 90.5 Å². The Bertz CT molecular complexity index is 1420. The van der Waals surface area contributed by atoms with Gasteiger partial charge in [-0.3, -0.25) is 0 Å². The Morgan fingerprint density at radius 2 is 1.19 bits per heavy atom. The Balaban J connectivity index is 1.05. The first-order valence-electron chi connectivity index (χ1n) is 15.9. The lowest BCUT2D eigenvalue weighted by molar-refractivity contribution is -0.140. The van der Waals surface area contributed by atoms with Gasteiger partial charge in [0, 0.05) is 17.6 Å². The fourth-order valence-electron chi connectivity index (χ4n) is 4.24. The second-order valence-electron chi connectivity index (χ2n) is 11.6. The molecule has 0 atom stereocenters. The highest BCUT2D eigenvalue weighted by Crippen LogP contribution is 2.26. The number of esters is 2. The summed E-state index contributed by atoms with van der Waals surface area (Å²) in [4.78, 5) is 23.9. The van der Waals surface area contributed by atoms with Crippen molar-refractivity contribution in [1.29, 1.82) is 0 Å². The van der Waals surface area contributed by atoms with Gasteiger partial charge in [-0.1, -0.05) is 13.5 Å². The predicted molar refractivity (Wildman–Crippen MR) is 177 cm³/mol. The normalized spacial score (nSPS) is 13.1. The van der Waals surface area contributed by atoms with E-state index in [1.807, 2.05) is 0 Å². The number of benzene rings is 3. The fraction of sp³-hybridized carbons (Fsp3) is 0.405. The Hall–Kier alpha value is -4.58. The second-order valence-corrected chi connectivity index (χ2v) is 11.6. The predicted octanol–water partition coefficient (Wildman–Crippen LogP) is 6.05. The van der Waals surface area contributed by atoms with Crippen LogP contribution < -0.4 is 23.7 Å². The van der Waals surface area contributed by atoms with Crippen LogP contribution in [0.2, 0.25) is 0 Å². The highest BCUT2D eigenvalue weighted by molar-refractivity contribution is 5.91. The summed E-state index contributed by atoms with van der Waals surface area (Å²) in [5.41, 5.74) is 0.944. The third kappa shape index (κ3) is 12.9. The standard InChI is InChI=1S/C37H44O11/c1-28(2)35(38)45-23-21-40-20-22-44-31-10-12-32(13-11-31)46-27-47-33-14-16-34(17-15-33)48-36(39)29-6-8-30(9-7-29)43-19-5-4-18-41-24-37(3)25-42-26-37/h6-17H,1,4-5,18-27H2,2-3H3. The van der Waals surface area contributed by atoms with Gasteiger partial charge in [0.1, 0.15) is 42.0 Å². The second kappa shape index (κ2) is 19.3. The van der Waals surface area contributed by atoms with E-state index < -0.39 is 11.9 Å². The van der Waals surface area contributed by atoms with Gasteiger partial charge in [0.15, 0.2) is 0 Å². The van der Waals surface area contributed by atoms with Crippen molar-refractivity contribution < 1.29 is 52.2 Å². The maximum absolute atomic E-state index is 12.6. The smallest absolute Gasteiger partial charge is 0.343 e. The van der Waals surface area contributed by atoms with E-state index >= 15 is 0 Å². The minimum Gasteiger partial charge on any atom is -0.494 e. The molecule has 11 heteroatoms. The molecular weight excluding hydrogens is 620 g/mol. The molecule has 0 radical (unpaired) electrons. The Kier molecular flexibility index (Phi) is 14.6. The zero-order chi connectivity index (χ0) is 34.0. The van der Waals surface area contributed by atoms with Gasteiger partial charge in [-0.05, 0) is 92.6 Å². The molecule has 0 unspecified atom stereocenters. The van der Waals surface area contributed by atoms with Crippen molar-refractivity contribution >= 4 is 11.9 Å². The van der Waals surface area contributed by atoms with Crippen molar-refractivity contribution in [3.63, 3.8) is 0 Å². The summed E-state index contributed by atoms with van der Waals surface area (Å²) in [6.45, 7) is 12.0. The molecule has 0 N–H and O–H groups in total. The highest BCUT2D eigenvalue weighted by atomic mass is 16.7. The minimum atomic E-state index is -0.470. The zero-order valence-corrected chi connectivity index (χ0v) is 27.6. The van der Waals surface area contributed by atoms with Crippen LogP contribution in [0.4, 0.5) is 0 Å². The monoisotopic (exact) mass is 664 g/mol. The van der Waals surface area contributed by atoms with Gasteiger partial charge in [0.2, 0.25) is 6.79 Å². The number of carbonyl (C=O) groups excluding carboxylic acids is 2. The van der Waals surface area contributed by atoms with Gasteiger partial charge in [0.05, 0.1) is 45.2 Å². The number of hydrogen-bond donors (Lipinski definition) is 0. The fourth-order valence-corrected chi connectivity index (χ4v) is 4.24. The van der Waals surface area contributed by atoms with E-state index in [4.69, 9.17) is 42.6 Å². The number of hydrogen-bond acceptors (Lipinski definition) is 11. The van der Waals surface area contributed by atoms with Gasteiger partial charge in [0.25, 0.3) is 0 Å². The van der Waals surface area contributed by atoms with Crippen LogP contribution in [-0.2, 0) is 23.7 Å². The molecule has 1 aliphatic heterocycles. The lowest BCUT2D eigenvalue weighted by Gasteiger charge is -2.37. The zero-order valence-electron chi connectivity index (χ0n) is 27.6. The van der Waals surface area contributed by atoms with Crippen LogP contribution in [0.1, 0.15) is 37.0 Å².